The Labute approximate surface area is 150 Å². The molecular weight excluding hydrogens is 395 g/mol. The Bertz CT molecular complexity index is 353. The Balaban J connectivity index is 0.00000242. The van der Waals surface area contributed by atoms with Crippen LogP contribution in [-0.4, -0.2) is 62.2 Å². The number of halogens is 1. The fraction of sp³-hybridized carbons (Fsp3) is 0.867. The van der Waals surface area contributed by atoms with E-state index >= 15 is 0 Å². The van der Waals surface area contributed by atoms with Crippen molar-refractivity contribution in [2.75, 3.05) is 39.3 Å². The molecule has 2 N–H and O–H groups in total. The van der Waals surface area contributed by atoms with Crippen molar-refractivity contribution in [3.05, 3.63) is 0 Å². The van der Waals surface area contributed by atoms with Crippen LogP contribution in [-0.2, 0) is 9.53 Å². The van der Waals surface area contributed by atoms with Gasteiger partial charge in [-0.05, 0) is 32.6 Å². The molecule has 0 aliphatic carbocycles. The Kier molecular flexibility index (Phi) is 9.77. The second-order valence-corrected chi connectivity index (χ2v) is 5.62. The molecule has 1 unspecified atom stereocenters. The van der Waals surface area contributed by atoms with Gasteiger partial charge in [0.05, 0.1) is 12.6 Å². The van der Waals surface area contributed by atoms with E-state index in [2.05, 4.69) is 15.6 Å². The third kappa shape index (κ3) is 6.68. The van der Waals surface area contributed by atoms with E-state index in [4.69, 9.17) is 4.74 Å². The summed E-state index contributed by atoms with van der Waals surface area (Å²) in [5.41, 5.74) is 0. The number of guanidine groups is 1. The molecule has 0 aromatic rings. The highest BCUT2D eigenvalue weighted by molar-refractivity contribution is 14.0. The van der Waals surface area contributed by atoms with Crippen molar-refractivity contribution in [3.8, 4) is 0 Å². The van der Waals surface area contributed by atoms with Crippen LogP contribution in [0.5, 0.6) is 0 Å². The highest BCUT2D eigenvalue weighted by Crippen LogP contribution is 2.11. The normalized spacial score (nSPS) is 21.6. The van der Waals surface area contributed by atoms with Gasteiger partial charge in [0.2, 0.25) is 5.91 Å². The maximum Gasteiger partial charge on any atom is 0.224 e. The number of aliphatic imine (C=N–C) groups is 1. The number of carbonyl (C=O) groups excluding carboxylic acids is 1. The standard InChI is InChI=1S/C15H28N4O2.HI/c1-2-16-15(18-12-13-6-5-11-21-13)17-8-7-14(20)19-9-3-4-10-19;/h13H,2-12H2,1H3,(H2,16,17,18);1H. The summed E-state index contributed by atoms with van der Waals surface area (Å²) in [4.78, 5) is 18.4. The van der Waals surface area contributed by atoms with Gasteiger partial charge in [-0.3, -0.25) is 9.79 Å². The summed E-state index contributed by atoms with van der Waals surface area (Å²) in [6.45, 7) is 6.88. The average Bonchev–Trinajstić information content (AvgIpc) is 3.17. The Hall–Kier alpha value is -0.570. The van der Waals surface area contributed by atoms with Crippen LogP contribution in [0, 0.1) is 0 Å². The van der Waals surface area contributed by atoms with Crippen molar-refractivity contribution in [1.29, 1.82) is 0 Å². The monoisotopic (exact) mass is 424 g/mol. The SMILES string of the molecule is CCNC(=NCC1CCCO1)NCCC(=O)N1CCCC1.I. The van der Waals surface area contributed by atoms with Gasteiger partial charge in [0.15, 0.2) is 5.96 Å². The number of nitrogens with one attached hydrogen (secondary N) is 2. The van der Waals surface area contributed by atoms with Gasteiger partial charge in [0.1, 0.15) is 0 Å². The number of hydrogen-bond acceptors (Lipinski definition) is 3. The molecule has 0 aromatic heterocycles. The molecule has 128 valence electrons. The molecule has 7 heteroatoms. The van der Waals surface area contributed by atoms with Gasteiger partial charge in [-0.15, -0.1) is 24.0 Å². The smallest absolute Gasteiger partial charge is 0.224 e. The summed E-state index contributed by atoms with van der Waals surface area (Å²) >= 11 is 0. The maximum atomic E-state index is 12.0. The Morgan fingerprint density at radius 1 is 1.27 bits per heavy atom. The maximum absolute atomic E-state index is 12.0. The van der Waals surface area contributed by atoms with Gasteiger partial charge < -0.3 is 20.3 Å². The topological polar surface area (TPSA) is 66.0 Å². The van der Waals surface area contributed by atoms with Crippen LogP contribution in [0.1, 0.15) is 39.0 Å². The summed E-state index contributed by atoms with van der Waals surface area (Å²) in [6.07, 6.45) is 5.30. The molecule has 0 saturated carbocycles. The first kappa shape index (κ1) is 19.5. The third-order valence-electron chi connectivity index (χ3n) is 3.91. The molecule has 22 heavy (non-hydrogen) atoms. The van der Waals surface area contributed by atoms with Gasteiger partial charge in [-0.25, -0.2) is 0 Å². The zero-order valence-corrected chi connectivity index (χ0v) is 15.8. The van der Waals surface area contributed by atoms with Crippen molar-refractivity contribution in [2.45, 2.75) is 45.1 Å². The second kappa shape index (κ2) is 11.0. The molecule has 2 aliphatic heterocycles. The van der Waals surface area contributed by atoms with Gasteiger partial charge in [-0.1, -0.05) is 0 Å². The quantitative estimate of drug-likeness (QED) is 0.384. The van der Waals surface area contributed by atoms with Crippen molar-refractivity contribution < 1.29 is 9.53 Å². The lowest BCUT2D eigenvalue weighted by Gasteiger charge is -2.16. The molecule has 0 bridgehead atoms. The largest absolute Gasteiger partial charge is 0.376 e. The van der Waals surface area contributed by atoms with E-state index in [1.165, 1.54) is 0 Å². The Morgan fingerprint density at radius 2 is 2.05 bits per heavy atom. The molecule has 6 nitrogen and oxygen atoms in total. The van der Waals surface area contributed by atoms with E-state index in [-0.39, 0.29) is 36.0 Å². The molecule has 2 fully saturated rings. The van der Waals surface area contributed by atoms with Crippen molar-refractivity contribution in [2.24, 2.45) is 4.99 Å². The number of amides is 1. The molecule has 1 amide bonds. The van der Waals surface area contributed by atoms with Gasteiger partial charge in [0.25, 0.3) is 0 Å². The molecule has 2 heterocycles. The predicted molar refractivity (Wildman–Crippen MR) is 98.8 cm³/mol. The third-order valence-corrected chi connectivity index (χ3v) is 3.91. The van der Waals surface area contributed by atoms with E-state index in [0.29, 0.717) is 19.5 Å². The lowest BCUT2D eigenvalue weighted by Crippen LogP contribution is -2.40. The molecule has 2 aliphatic rings. The van der Waals surface area contributed by atoms with Gasteiger partial charge in [-0.2, -0.15) is 0 Å². The van der Waals surface area contributed by atoms with Crippen molar-refractivity contribution in [3.63, 3.8) is 0 Å². The van der Waals surface area contributed by atoms with E-state index < -0.39 is 0 Å². The molecule has 2 rings (SSSR count). The average molecular weight is 424 g/mol. The lowest BCUT2D eigenvalue weighted by molar-refractivity contribution is -0.129. The highest BCUT2D eigenvalue weighted by atomic mass is 127. The van der Waals surface area contributed by atoms with Crippen molar-refractivity contribution in [1.82, 2.24) is 15.5 Å². The van der Waals surface area contributed by atoms with Crippen LogP contribution < -0.4 is 10.6 Å². The second-order valence-electron chi connectivity index (χ2n) is 5.62. The Morgan fingerprint density at radius 3 is 2.68 bits per heavy atom. The number of rotatable bonds is 6. The lowest BCUT2D eigenvalue weighted by atomic mass is 10.2. The van der Waals surface area contributed by atoms with Crippen LogP contribution in [0.4, 0.5) is 0 Å². The zero-order chi connectivity index (χ0) is 14.9. The molecule has 0 radical (unpaired) electrons. The molecule has 0 spiro atoms. The number of hydrogen-bond donors (Lipinski definition) is 2. The van der Waals surface area contributed by atoms with Crippen LogP contribution in [0.25, 0.3) is 0 Å². The van der Waals surface area contributed by atoms with E-state index in [0.717, 1.165) is 57.9 Å². The highest BCUT2D eigenvalue weighted by Gasteiger charge is 2.17. The van der Waals surface area contributed by atoms with Crippen LogP contribution in [0.2, 0.25) is 0 Å². The first-order chi connectivity index (χ1) is 10.3. The molecule has 0 aromatic carbocycles. The van der Waals surface area contributed by atoms with Gasteiger partial charge in [0, 0.05) is 39.2 Å². The summed E-state index contributed by atoms with van der Waals surface area (Å²) < 4.78 is 5.57. The summed E-state index contributed by atoms with van der Waals surface area (Å²) in [7, 11) is 0. The fourth-order valence-electron chi connectivity index (χ4n) is 2.74. The zero-order valence-electron chi connectivity index (χ0n) is 13.5. The number of ether oxygens (including phenoxy) is 1. The fourth-order valence-corrected chi connectivity index (χ4v) is 2.74. The predicted octanol–water partition coefficient (Wildman–Crippen LogP) is 1.35. The number of nitrogens with zero attached hydrogens (tertiary/aromatic N) is 2. The number of likely N-dealkylation sites (tertiary alicyclic amines) is 1. The summed E-state index contributed by atoms with van der Waals surface area (Å²) in [6, 6.07) is 0. The van der Waals surface area contributed by atoms with Crippen LogP contribution in [0.3, 0.4) is 0 Å². The molecule has 2 saturated heterocycles. The minimum absolute atomic E-state index is 0. The molecule has 1 atom stereocenters. The van der Waals surface area contributed by atoms with Crippen molar-refractivity contribution >= 4 is 35.8 Å². The van der Waals surface area contributed by atoms with Crippen LogP contribution >= 0.6 is 24.0 Å². The number of carbonyl (C=O) groups is 1. The van der Waals surface area contributed by atoms with E-state index in [1.807, 2.05) is 11.8 Å². The van der Waals surface area contributed by atoms with Crippen LogP contribution in [0.15, 0.2) is 4.99 Å². The summed E-state index contributed by atoms with van der Waals surface area (Å²) in [5, 5.41) is 6.44. The summed E-state index contributed by atoms with van der Waals surface area (Å²) in [5.74, 6) is 1.03. The van der Waals surface area contributed by atoms with E-state index in [1.54, 1.807) is 0 Å². The first-order valence-electron chi connectivity index (χ1n) is 8.21. The first-order valence-corrected chi connectivity index (χ1v) is 8.21. The van der Waals surface area contributed by atoms with E-state index in [9.17, 15) is 4.79 Å². The molecular formula is C15H29IN4O2. The minimum Gasteiger partial charge on any atom is -0.376 e. The van der Waals surface area contributed by atoms with Gasteiger partial charge >= 0.3 is 0 Å². The minimum atomic E-state index is 0.